The monoisotopic (exact) mass is 246 g/mol. The van der Waals surface area contributed by atoms with Crippen molar-refractivity contribution in [1.82, 2.24) is 5.32 Å². The molecule has 17 heavy (non-hydrogen) atoms. The molecular weight excluding hydrogens is 224 g/mol. The molecule has 0 aromatic rings. The minimum Gasteiger partial charge on any atom is -0.467 e. The maximum Gasteiger partial charge on any atom is 0.333 e. The number of ether oxygens (including phenoxy) is 2. The Kier molecular flexibility index (Phi) is 6.75. The Labute approximate surface area is 102 Å². The second-order valence-electron chi connectivity index (χ2n) is 4.14. The van der Waals surface area contributed by atoms with Gasteiger partial charge >= 0.3 is 5.97 Å². The Morgan fingerprint density at radius 2 is 2.00 bits per heavy atom. The largest absolute Gasteiger partial charge is 0.467 e. The molecule has 6 heteroatoms. The Hall–Kier alpha value is -1.14. The van der Waals surface area contributed by atoms with Crippen LogP contribution >= 0.6 is 0 Å². The minimum atomic E-state index is -1.20. The molecule has 100 valence electrons. The summed E-state index contributed by atoms with van der Waals surface area (Å²) in [5, 5.41) is 2.57. The molecule has 0 fully saturated rings. The highest BCUT2D eigenvalue weighted by molar-refractivity contribution is 5.90. The van der Waals surface area contributed by atoms with Gasteiger partial charge in [0.1, 0.15) is 0 Å². The molecular formula is C11H22N2O4. The van der Waals surface area contributed by atoms with Gasteiger partial charge in [-0.05, 0) is 13.3 Å². The number of hydrogen-bond acceptors (Lipinski definition) is 5. The van der Waals surface area contributed by atoms with Crippen molar-refractivity contribution in [2.75, 3.05) is 20.8 Å². The Morgan fingerprint density at radius 3 is 2.41 bits per heavy atom. The number of nitrogens with one attached hydrogen (secondary N) is 1. The van der Waals surface area contributed by atoms with Crippen LogP contribution in [0, 0.1) is 0 Å². The van der Waals surface area contributed by atoms with Gasteiger partial charge in [-0.3, -0.25) is 4.79 Å². The SMILES string of the molecule is CCCC(N)C(=O)NC(C)(COC)C(=O)OC. The molecule has 0 rings (SSSR count). The van der Waals surface area contributed by atoms with Crippen LogP contribution in [-0.2, 0) is 19.1 Å². The molecule has 0 aliphatic rings. The van der Waals surface area contributed by atoms with Crippen LogP contribution in [0.1, 0.15) is 26.7 Å². The standard InChI is InChI=1S/C11H22N2O4/c1-5-6-8(12)9(14)13-11(2,7-16-3)10(15)17-4/h8H,5-7,12H2,1-4H3,(H,13,14). The van der Waals surface area contributed by atoms with E-state index >= 15 is 0 Å². The molecule has 2 atom stereocenters. The first-order valence-electron chi connectivity index (χ1n) is 5.56. The maximum atomic E-state index is 11.7. The lowest BCUT2D eigenvalue weighted by Crippen LogP contribution is -2.59. The molecule has 0 saturated carbocycles. The molecule has 0 aliphatic carbocycles. The zero-order valence-electron chi connectivity index (χ0n) is 10.9. The van der Waals surface area contributed by atoms with Crippen molar-refractivity contribution in [3.8, 4) is 0 Å². The van der Waals surface area contributed by atoms with E-state index in [1.165, 1.54) is 14.2 Å². The van der Waals surface area contributed by atoms with Gasteiger partial charge in [-0.2, -0.15) is 0 Å². The zero-order chi connectivity index (χ0) is 13.5. The van der Waals surface area contributed by atoms with E-state index in [0.717, 1.165) is 6.42 Å². The quantitative estimate of drug-likeness (QED) is 0.607. The first-order chi connectivity index (χ1) is 7.91. The average Bonchev–Trinajstić information content (AvgIpc) is 2.28. The maximum absolute atomic E-state index is 11.7. The van der Waals surface area contributed by atoms with E-state index in [2.05, 4.69) is 10.1 Å². The first kappa shape index (κ1) is 15.9. The van der Waals surface area contributed by atoms with Crippen LogP contribution in [0.2, 0.25) is 0 Å². The van der Waals surface area contributed by atoms with E-state index in [1.54, 1.807) is 6.92 Å². The smallest absolute Gasteiger partial charge is 0.333 e. The third kappa shape index (κ3) is 4.70. The van der Waals surface area contributed by atoms with Crippen molar-refractivity contribution in [3.05, 3.63) is 0 Å². The second kappa shape index (κ2) is 7.24. The normalized spacial score (nSPS) is 15.8. The van der Waals surface area contributed by atoms with Gasteiger partial charge in [-0.25, -0.2) is 4.79 Å². The van der Waals surface area contributed by atoms with Crippen LogP contribution in [0.3, 0.4) is 0 Å². The van der Waals surface area contributed by atoms with Crippen LogP contribution in [-0.4, -0.2) is 44.3 Å². The van der Waals surface area contributed by atoms with Crippen LogP contribution in [0.25, 0.3) is 0 Å². The Morgan fingerprint density at radius 1 is 1.41 bits per heavy atom. The Bertz CT molecular complexity index is 270. The lowest BCUT2D eigenvalue weighted by molar-refractivity contribution is -0.152. The Balaban J connectivity index is 4.64. The number of rotatable bonds is 7. The van der Waals surface area contributed by atoms with Crippen molar-refractivity contribution in [3.63, 3.8) is 0 Å². The van der Waals surface area contributed by atoms with Gasteiger partial charge in [0, 0.05) is 7.11 Å². The number of carbonyl (C=O) groups excluding carboxylic acids is 2. The predicted octanol–water partition coefficient (Wildman–Crippen LogP) is -0.192. The third-order valence-corrected chi connectivity index (χ3v) is 2.40. The summed E-state index contributed by atoms with van der Waals surface area (Å²) in [4.78, 5) is 23.3. The molecule has 0 saturated heterocycles. The highest BCUT2D eigenvalue weighted by Gasteiger charge is 2.37. The molecule has 3 N–H and O–H groups in total. The summed E-state index contributed by atoms with van der Waals surface area (Å²) in [6.45, 7) is 3.50. The lowest BCUT2D eigenvalue weighted by atomic mass is 10.0. The molecule has 2 unspecified atom stereocenters. The summed E-state index contributed by atoms with van der Waals surface area (Å²) >= 11 is 0. The summed E-state index contributed by atoms with van der Waals surface area (Å²) < 4.78 is 9.55. The number of carbonyl (C=O) groups is 2. The van der Waals surface area contributed by atoms with E-state index in [9.17, 15) is 9.59 Å². The molecule has 0 aromatic heterocycles. The second-order valence-corrected chi connectivity index (χ2v) is 4.14. The van der Waals surface area contributed by atoms with E-state index < -0.39 is 17.6 Å². The third-order valence-electron chi connectivity index (χ3n) is 2.40. The fourth-order valence-electron chi connectivity index (χ4n) is 1.47. The molecule has 0 heterocycles. The lowest BCUT2D eigenvalue weighted by Gasteiger charge is -2.28. The van der Waals surface area contributed by atoms with E-state index in [4.69, 9.17) is 10.5 Å². The number of methoxy groups -OCH3 is 2. The van der Waals surface area contributed by atoms with Gasteiger partial charge in [0.2, 0.25) is 5.91 Å². The van der Waals surface area contributed by atoms with Crippen LogP contribution in [0.15, 0.2) is 0 Å². The minimum absolute atomic E-state index is 0.0320. The summed E-state index contributed by atoms with van der Waals surface area (Å²) in [6.07, 6.45) is 1.36. The van der Waals surface area contributed by atoms with Crippen LogP contribution in [0.5, 0.6) is 0 Å². The molecule has 0 aromatic carbocycles. The van der Waals surface area contributed by atoms with Gasteiger partial charge in [-0.15, -0.1) is 0 Å². The molecule has 0 spiro atoms. The molecule has 0 radical (unpaired) electrons. The van der Waals surface area contributed by atoms with Gasteiger partial charge in [-0.1, -0.05) is 13.3 Å². The molecule has 0 bridgehead atoms. The fourth-order valence-corrected chi connectivity index (χ4v) is 1.47. The summed E-state index contributed by atoms with van der Waals surface area (Å²) in [5.41, 5.74) is 4.47. The molecule has 0 aliphatic heterocycles. The van der Waals surface area contributed by atoms with E-state index in [0.29, 0.717) is 6.42 Å². The van der Waals surface area contributed by atoms with Crippen molar-refractivity contribution >= 4 is 11.9 Å². The van der Waals surface area contributed by atoms with Gasteiger partial charge in [0.15, 0.2) is 5.54 Å². The highest BCUT2D eigenvalue weighted by Crippen LogP contribution is 2.08. The number of amides is 1. The topological polar surface area (TPSA) is 90.7 Å². The zero-order valence-corrected chi connectivity index (χ0v) is 10.9. The van der Waals surface area contributed by atoms with Crippen molar-refractivity contribution in [1.29, 1.82) is 0 Å². The molecule has 6 nitrogen and oxygen atoms in total. The summed E-state index contributed by atoms with van der Waals surface area (Å²) in [5.74, 6) is -0.937. The van der Waals surface area contributed by atoms with Crippen LogP contribution in [0.4, 0.5) is 0 Å². The summed E-state index contributed by atoms with van der Waals surface area (Å²) in [6, 6.07) is -0.624. The number of hydrogen-bond donors (Lipinski definition) is 2. The highest BCUT2D eigenvalue weighted by atomic mass is 16.5. The summed E-state index contributed by atoms with van der Waals surface area (Å²) in [7, 11) is 2.70. The fraction of sp³-hybridized carbons (Fsp3) is 0.818. The van der Waals surface area contributed by atoms with Crippen LogP contribution < -0.4 is 11.1 Å². The first-order valence-corrected chi connectivity index (χ1v) is 5.56. The van der Waals surface area contributed by atoms with E-state index in [-0.39, 0.29) is 12.5 Å². The van der Waals surface area contributed by atoms with Crippen molar-refractivity contribution in [2.45, 2.75) is 38.3 Å². The van der Waals surface area contributed by atoms with E-state index in [1.807, 2.05) is 6.92 Å². The van der Waals surface area contributed by atoms with Gasteiger partial charge in [0.05, 0.1) is 19.8 Å². The number of esters is 1. The van der Waals surface area contributed by atoms with Gasteiger partial charge < -0.3 is 20.5 Å². The molecule has 1 amide bonds. The van der Waals surface area contributed by atoms with Crippen molar-refractivity contribution in [2.24, 2.45) is 5.73 Å². The van der Waals surface area contributed by atoms with Gasteiger partial charge in [0.25, 0.3) is 0 Å². The average molecular weight is 246 g/mol. The number of nitrogens with two attached hydrogens (primary N) is 1. The van der Waals surface area contributed by atoms with Crippen molar-refractivity contribution < 1.29 is 19.1 Å². The predicted molar refractivity (Wildman–Crippen MR) is 63.3 cm³/mol.